The summed E-state index contributed by atoms with van der Waals surface area (Å²) >= 11 is 0. The van der Waals surface area contributed by atoms with Gasteiger partial charge in [0.2, 0.25) is 5.91 Å². The number of aliphatic hydroxyl groups is 1. The zero-order valence-corrected chi connectivity index (χ0v) is 11.6. The lowest BCUT2D eigenvalue weighted by molar-refractivity contribution is -0.124. The Morgan fingerprint density at radius 3 is 2.79 bits per heavy atom. The molecule has 1 saturated heterocycles. The highest BCUT2D eigenvalue weighted by molar-refractivity contribution is 5.81. The first-order valence-corrected chi connectivity index (χ1v) is 7.61. The summed E-state index contributed by atoms with van der Waals surface area (Å²) in [5.41, 5.74) is 5.99. The summed E-state index contributed by atoms with van der Waals surface area (Å²) in [7, 11) is 0. The summed E-state index contributed by atoms with van der Waals surface area (Å²) in [6.45, 7) is 1.44. The summed E-state index contributed by atoms with van der Waals surface area (Å²) < 4.78 is 0. The molecule has 1 aliphatic carbocycles. The molecule has 110 valence electrons. The van der Waals surface area contributed by atoms with Gasteiger partial charge in [0.25, 0.3) is 0 Å². The highest BCUT2D eigenvalue weighted by Crippen LogP contribution is 2.28. The van der Waals surface area contributed by atoms with Crippen molar-refractivity contribution in [1.82, 2.24) is 10.6 Å². The first kappa shape index (κ1) is 14.8. The first-order chi connectivity index (χ1) is 9.16. The molecule has 0 spiro atoms. The van der Waals surface area contributed by atoms with Crippen molar-refractivity contribution in [3.05, 3.63) is 0 Å². The van der Waals surface area contributed by atoms with Crippen molar-refractivity contribution < 1.29 is 9.90 Å². The number of hydrogen-bond acceptors (Lipinski definition) is 4. The molecule has 0 aromatic heterocycles. The van der Waals surface area contributed by atoms with Gasteiger partial charge in [-0.25, -0.2) is 0 Å². The first-order valence-electron chi connectivity index (χ1n) is 7.61. The molecule has 2 aliphatic rings. The fourth-order valence-electron chi connectivity index (χ4n) is 3.20. The van der Waals surface area contributed by atoms with E-state index in [1.807, 2.05) is 0 Å². The van der Waals surface area contributed by atoms with Crippen molar-refractivity contribution in [3.8, 4) is 0 Å². The zero-order chi connectivity index (χ0) is 13.7. The predicted molar refractivity (Wildman–Crippen MR) is 74.6 cm³/mol. The molecule has 0 radical (unpaired) electrons. The molecule has 2 unspecified atom stereocenters. The van der Waals surface area contributed by atoms with Gasteiger partial charge in [-0.2, -0.15) is 0 Å². The van der Waals surface area contributed by atoms with Crippen LogP contribution in [0, 0.1) is 5.92 Å². The minimum atomic E-state index is -0.509. The third-order valence-electron chi connectivity index (χ3n) is 4.41. The monoisotopic (exact) mass is 269 g/mol. The third kappa shape index (κ3) is 4.44. The van der Waals surface area contributed by atoms with E-state index in [4.69, 9.17) is 5.73 Å². The van der Waals surface area contributed by atoms with Gasteiger partial charge in [0.1, 0.15) is 0 Å². The van der Waals surface area contributed by atoms with E-state index in [0.717, 1.165) is 25.8 Å². The van der Waals surface area contributed by atoms with Crippen LogP contribution in [0.15, 0.2) is 0 Å². The maximum atomic E-state index is 12.1. The Morgan fingerprint density at radius 1 is 1.32 bits per heavy atom. The Hall–Kier alpha value is -0.650. The number of carbonyl (C=O) groups excluding carboxylic acids is 1. The molecule has 1 amide bonds. The molecular formula is C14H27N3O2. The van der Waals surface area contributed by atoms with Crippen molar-refractivity contribution in [3.63, 3.8) is 0 Å². The van der Waals surface area contributed by atoms with E-state index in [-0.39, 0.29) is 11.9 Å². The van der Waals surface area contributed by atoms with E-state index in [1.54, 1.807) is 0 Å². The minimum Gasteiger partial charge on any atom is -0.390 e. The topological polar surface area (TPSA) is 87.4 Å². The molecule has 0 bridgehead atoms. The van der Waals surface area contributed by atoms with Crippen LogP contribution in [-0.2, 0) is 4.79 Å². The Labute approximate surface area is 115 Å². The largest absolute Gasteiger partial charge is 0.390 e. The van der Waals surface area contributed by atoms with E-state index in [2.05, 4.69) is 10.6 Å². The standard InChI is InChI=1S/C14H27N3O2/c15-11(8-10-4-1-2-5-10)14(19)17-12-6-3-7-16-9-13(12)18/h10-13,16,18H,1-9,15H2,(H,17,19)/t11-,12?,13?/m0/s1. The van der Waals surface area contributed by atoms with Gasteiger partial charge in [0.15, 0.2) is 0 Å². The molecule has 2 fully saturated rings. The van der Waals surface area contributed by atoms with Crippen LogP contribution in [0.2, 0.25) is 0 Å². The van der Waals surface area contributed by atoms with Crippen molar-refractivity contribution >= 4 is 5.91 Å². The summed E-state index contributed by atoms with van der Waals surface area (Å²) in [5, 5.41) is 16.0. The van der Waals surface area contributed by atoms with Crippen molar-refractivity contribution in [2.45, 2.75) is 63.1 Å². The molecule has 1 aliphatic heterocycles. The van der Waals surface area contributed by atoms with Gasteiger partial charge in [0, 0.05) is 6.54 Å². The van der Waals surface area contributed by atoms with E-state index >= 15 is 0 Å². The van der Waals surface area contributed by atoms with E-state index in [9.17, 15) is 9.90 Å². The van der Waals surface area contributed by atoms with Gasteiger partial charge in [-0.3, -0.25) is 4.79 Å². The minimum absolute atomic E-state index is 0.0992. The molecular weight excluding hydrogens is 242 g/mol. The Balaban J connectivity index is 1.77. The number of nitrogens with one attached hydrogen (secondary N) is 2. The Morgan fingerprint density at radius 2 is 2.05 bits per heavy atom. The SMILES string of the molecule is N[C@@H](CC1CCCC1)C(=O)NC1CCCNCC1O. The fourth-order valence-corrected chi connectivity index (χ4v) is 3.20. The van der Waals surface area contributed by atoms with Crippen LogP contribution in [0.3, 0.4) is 0 Å². The third-order valence-corrected chi connectivity index (χ3v) is 4.41. The normalized spacial score (nSPS) is 30.8. The molecule has 3 atom stereocenters. The number of hydrogen-bond donors (Lipinski definition) is 4. The molecule has 0 aromatic carbocycles. The molecule has 19 heavy (non-hydrogen) atoms. The van der Waals surface area contributed by atoms with Crippen LogP contribution in [0.1, 0.15) is 44.9 Å². The van der Waals surface area contributed by atoms with Gasteiger partial charge in [0.05, 0.1) is 18.2 Å². The molecule has 5 N–H and O–H groups in total. The lowest BCUT2D eigenvalue weighted by atomic mass is 9.98. The van der Waals surface area contributed by atoms with E-state index < -0.39 is 12.1 Å². The molecule has 5 heteroatoms. The average Bonchev–Trinajstić information content (AvgIpc) is 2.81. The van der Waals surface area contributed by atoms with Crippen molar-refractivity contribution in [1.29, 1.82) is 0 Å². The van der Waals surface area contributed by atoms with Gasteiger partial charge < -0.3 is 21.5 Å². The molecule has 5 nitrogen and oxygen atoms in total. The van der Waals surface area contributed by atoms with Gasteiger partial charge >= 0.3 is 0 Å². The fraction of sp³-hybridized carbons (Fsp3) is 0.929. The Bertz CT molecular complexity index is 292. The van der Waals surface area contributed by atoms with Crippen LogP contribution in [0.4, 0.5) is 0 Å². The average molecular weight is 269 g/mol. The Kier molecular flexibility index (Phi) is 5.60. The van der Waals surface area contributed by atoms with Crippen LogP contribution < -0.4 is 16.4 Å². The predicted octanol–water partition coefficient (Wildman–Crippen LogP) is 0.123. The lowest BCUT2D eigenvalue weighted by Crippen LogP contribution is -2.51. The van der Waals surface area contributed by atoms with Gasteiger partial charge in [-0.1, -0.05) is 25.7 Å². The maximum Gasteiger partial charge on any atom is 0.237 e. The molecule has 2 rings (SSSR count). The number of β-amino-alcohol motifs (C(OH)–C–C–N with tert-alkyl or cyclic N) is 1. The van der Waals surface area contributed by atoms with E-state index in [1.165, 1.54) is 25.7 Å². The highest BCUT2D eigenvalue weighted by Gasteiger charge is 2.27. The summed E-state index contributed by atoms with van der Waals surface area (Å²) in [6, 6.07) is -0.580. The van der Waals surface area contributed by atoms with E-state index in [0.29, 0.717) is 12.5 Å². The second-order valence-electron chi connectivity index (χ2n) is 6.02. The maximum absolute atomic E-state index is 12.1. The number of carbonyl (C=O) groups is 1. The number of rotatable bonds is 4. The van der Waals surface area contributed by atoms with Crippen LogP contribution in [-0.4, -0.2) is 42.3 Å². The van der Waals surface area contributed by atoms with Crippen LogP contribution in [0.25, 0.3) is 0 Å². The summed E-state index contributed by atoms with van der Waals surface area (Å²) in [5.74, 6) is 0.513. The van der Waals surface area contributed by atoms with Gasteiger partial charge in [-0.15, -0.1) is 0 Å². The lowest BCUT2D eigenvalue weighted by Gasteiger charge is -2.24. The van der Waals surface area contributed by atoms with Crippen molar-refractivity contribution in [2.24, 2.45) is 11.7 Å². The number of aliphatic hydroxyl groups excluding tert-OH is 1. The zero-order valence-electron chi connectivity index (χ0n) is 11.6. The number of nitrogens with two attached hydrogens (primary N) is 1. The smallest absolute Gasteiger partial charge is 0.237 e. The summed E-state index contributed by atoms with van der Waals surface area (Å²) in [6.07, 6.45) is 7.01. The molecule has 1 heterocycles. The molecule has 0 aromatic rings. The van der Waals surface area contributed by atoms with Gasteiger partial charge in [-0.05, 0) is 31.7 Å². The summed E-state index contributed by atoms with van der Waals surface area (Å²) in [4.78, 5) is 12.1. The van der Waals surface area contributed by atoms with Crippen LogP contribution >= 0.6 is 0 Å². The second kappa shape index (κ2) is 7.22. The number of amides is 1. The highest BCUT2D eigenvalue weighted by atomic mass is 16.3. The quantitative estimate of drug-likeness (QED) is 0.584. The van der Waals surface area contributed by atoms with Crippen LogP contribution in [0.5, 0.6) is 0 Å². The second-order valence-corrected chi connectivity index (χ2v) is 6.02. The molecule has 1 saturated carbocycles. The van der Waals surface area contributed by atoms with Crippen molar-refractivity contribution in [2.75, 3.05) is 13.1 Å².